The SMILES string of the molecule is CC(C)(c1ccc(OC=N)cc1)c1ccc(OC=N)cc1. The molecule has 2 rings (SSSR count). The van der Waals surface area contributed by atoms with E-state index in [1.165, 1.54) is 0 Å². The van der Waals surface area contributed by atoms with Gasteiger partial charge in [0.2, 0.25) is 0 Å². The summed E-state index contributed by atoms with van der Waals surface area (Å²) in [5.41, 5.74) is 2.15. The molecule has 0 fully saturated rings. The molecule has 108 valence electrons. The Morgan fingerprint density at radius 3 is 1.33 bits per heavy atom. The van der Waals surface area contributed by atoms with Crippen molar-refractivity contribution in [3.63, 3.8) is 0 Å². The summed E-state index contributed by atoms with van der Waals surface area (Å²) in [4.78, 5) is 0. The fraction of sp³-hybridized carbons (Fsp3) is 0.176. The second-order valence-corrected chi connectivity index (χ2v) is 5.15. The smallest absolute Gasteiger partial charge is 0.173 e. The van der Waals surface area contributed by atoms with Gasteiger partial charge in [-0.3, -0.25) is 10.8 Å². The van der Waals surface area contributed by atoms with Gasteiger partial charge in [-0.2, -0.15) is 0 Å². The van der Waals surface area contributed by atoms with Gasteiger partial charge in [-0.1, -0.05) is 38.1 Å². The third-order valence-electron chi connectivity index (χ3n) is 3.54. The van der Waals surface area contributed by atoms with E-state index in [0.717, 1.165) is 23.9 Å². The van der Waals surface area contributed by atoms with Crippen LogP contribution >= 0.6 is 0 Å². The number of benzene rings is 2. The topological polar surface area (TPSA) is 66.2 Å². The van der Waals surface area contributed by atoms with Crippen LogP contribution in [0.1, 0.15) is 25.0 Å². The first-order valence-corrected chi connectivity index (χ1v) is 6.60. The van der Waals surface area contributed by atoms with Crippen LogP contribution in [0.15, 0.2) is 48.5 Å². The first-order chi connectivity index (χ1) is 10.1. The van der Waals surface area contributed by atoms with Crippen molar-refractivity contribution in [2.24, 2.45) is 0 Å². The molecule has 2 N–H and O–H groups in total. The van der Waals surface area contributed by atoms with Crippen LogP contribution in [0.3, 0.4) is 0 Å². The molecule has 0 saturated heterocycles. The molecule has 0 heterocycles. The fourth-order valence-electron chi connectivity index (χ4n) is 2.20. The summed E-state index contributed by atoms with van der Waals surface area (Å²) >= 11 is 0. The Morgan fingerprint density at radius 1 is 0.714 bits per heavy atom. The second kappa shape index (κ2) is 6.22. The maximum atomic E-state index is 6.93. The Kier molecular flexibility index (Phi) is 4.38. The fourth-order valence-corrected chi connectivity index (χ4v) is 2.20. The molecule has 2 aromatic carbocycles. The number of hydrogen-bond acceptors (Lipinski definition) is 4. The molecule has 0 spiro atoms. The zero-order chi connectivity index (χ0) is 15.3. The number of nitrogens with one attached hydrogen (secondary N) is 2. The van der Waals surface area contributed by atoms with Crippen LogP contribution in [0.4, 0.5) is 0 Å². The third-order valence-corrected chi connectivity index (χ3v) is 3.54. The summed E-state index contributed by atoms with van der Waals surface area (Å²) in [5.74, 6) is 1.30. The molecule has 4 heteroatoms. The molecule has 0 saturated carbocycles. The van der Waals surface area contributed by atoms with Gasteiger partial charge in [-0.05, 0) is 35.4 Å². The van der Waals surface area contributed by atoms with Crippen molar-refractivity contribution in [3.8, 4) is 11.5 Å². The maximum absolute atomic E-state index is 6.93. The lowest BCUT2D eigenvalue weighted by atomic mass is 9.78. The van der Waals surface area contributed by atoms with Gasteiger partial charge in [0.05, 0.1) is 0 Å². The van der Waals surface area contributed by atoms with E-state index in [9.17, 15) is 0 Å². The van der Waals surface area contributed by atoms with Gasteiger partial charge in [0, 0.05) is 5.41 Å². The van der Waals surface area contributed by atoms with Gasteiger partial charge in [0.25, 0.3) is 0 Å². The first kappa shape index (κ1) is 14.8. The molecule has 0 aliphatic rings. The van der Waals surface area contributed by atoms with Crippen molar-refractivity contribution >= 4 is 12.8 Å². The highest BCUT2D eigenvalue weighted by Crippen LogP contribution is 2.33. The molecule has 21 heavy (non-hydrogen) atoms. The van der Waals surface area contributed by atoms with Crippen LogP contribution in [-0.4, -0.2) is 12.8 Å². The number of rotatable bonds is 6. The monoisotopic (exact) mass is 282 g/mol. The third kappa shape index (κ3) is 3.28. The van der Waals surface area contributed by atoms with Gasteiger partial charge in [0.1, 0.15) is 11.5 Å². The lowest BCUT2D eigenvalue weighted by molar-refractivity contribution is 0.565. The van der Waals surface area contributed by atoms with Crippen molar-refractivity contribution in [1.82, 2.24) is 0 Å². The zero-order valence-electron chi connectivity index (χ0n) is 12.1. The van der Waals surface area contributed by atoms with Crippen LogP contribution in [0.5, 0.6) is 11.5 Å². The molecule has 0 radical (unpaired) electrons. The number of hydrogen-bond donors (Lipinski definition) is 2. The average molecular weight is 282 g/mol. The first-order valence-electron chi connectivity index (χ1n) is 6.60. The van der Waals surface area contributed by atoms with Gasteiger partial charge in [-0.15, -0.1) is 0 Å². The molecule has 0 atom stereocenters. The van der Waals surface area contributed by atoms with Crippen LogP contribution in [0.25, 0.3) is 0 Å². The van der Waals surface area contributed by atoms with Crippen molar-refractivity contribution < 1.29 is 9.47 Å². The van der Waals surface area contributed by atoms with Crippen molar-refractivity contribution in [1.29, 1.82) is 10.8 Å². The maximum Gasteiger partial charge on any atom is 0.173 e. The quantitative estimate of drug-likeness (QED) is 0.621. The molecule has 4 nitrogen and oxygen atoms in total. The van der Waals surface area contributed by atoms with E-state index in [-0.39, 0.29) is 5.41 Å². The van der Waals surface area contributed by atoms with E-state index in [0.29, 0.717) is 11.5 Å². The largest absolute Gasteiger partial charge is 0.446 e. The van der Waals surface area contributed by atoms with Crippen molar-refractivity contribution in [2.45, 2.75) is 19.3 Å². The van der Waals surface area contributed by atoms with E-state index >= 15 is 0 Å². The van der Waals surface area contributed by atoms with Crippen LogP contribution in [-0.2, 0) is 5.41 Å². The molecule has 0 amide bonds. The summed E-state index contributed by atoms with van der Waals surface area (Å²) in [5, 5.41) is 13.9. The van der Waals surface area contributed by atoms with Gasteiger partial charge >= 0.3 is 0 Å². The molecule has 0 aliphatic heterocycles. The minimum Gasteiger partial charge on any atom is -0.446 e. The molecule has 2 aromatic rings. The highest BCUT2D eigenvalue weighted by molar-refractivity contribution is 5.50. The molecule has 0 aromatic heterocycles. The average Bonchev–Trinajstić information content (AvgIpc) is 2.49. The van der Waals surface area contributed by atoms with Crippen LogP contribution in [0.2, 0.25) is 0 Å². The summed E-state index contributed by atoms with van der Waals surface area (Å²) in [6, 6.07) is 15.4. The predicted octanol–water partition coefficient (Wildman–Crippen LogP) is 3.98. The van der Waals surface area contributed by atoms with Gasteiger partial charge in [0.15, 0.2) is 12.8 Å². The number of ether oxygens (including phenoxy) is 2. The Morgan fingerprint density at radius 2 is 1.05 bits per heavy atom. The Bertz CT molecular complexity index is 561. The van der Waals surface area contributed by atoms with Crippen LogP contribution in [0, 0.1) is 10.8 Å². The minimum atomic E-state index is -0.160. The molecule has 0 bridgehead atoms. The molecular weight excluding hydrogens is 264 g/mol. The summed E-state index contributed by atoms with van der Waals surface area (Å²) < 4.78 is 10.1. The van der Waals surface area contributed by atoms with Crippen LogP contribution < -0.4 is 9.47 Å². The Hall–Kier alpha value is -2.62. The summed E-state index contributed by atoms with van der Waals surface area (Å²) in [6.07, 6.45) is 1.84. The van der Waals surface area contributed by atoms with Crippen molar-refractivity contribution in [2.75, 3.05) is 0 Å². The van der Waals surface area contributed by atoms with Gasteiger partial charge in [-0.25, -0.2) is 0 Å². The van der Waals surface area contributed by atoms with E-state index in [4.69, 9.17) is 20.3 Å². The Balaban J connectivity index is 2.27. The van der Waals surface area contributed by atoms with E-state index in [2.05, 4.69) is 13.8 Å². The standard InChI is InChI=1S/C17H18N2O2/c1-17(2,13-3-7-15(8-4-13)20-11-18)14-5-9-16(10-6-14)21-12-19/h3-12,18-19H,1-2H3. The second-order valence-electron chi connectivity index (χ2n) is 5.15. The minimum absolute atomic E-state index is 0.160. The normalized spacial score (nSPS) is 10.8. The van der Waals surface area contributed by atoms with E-state index in [1.807, 2.05) is 48.5 Å². The lowest BCUT2D eigenvalue weighted by Gasteiger charge is -2.26. The molecular formula is C17H18N2O2. The van der Waals surface area contributed by atoms with E-state index in [1.54, 1.807) is 0 Å². The van der Waals surface area contributed by atoms with Crippen molar-refractivity contribution in [3.05, 3.63) is 59.7 Å². The highest BCUT2D eigenvalue weighted by atomic mass is 16.5. The molecule has 0 unspecified atom stereocenters. The lowest BCUT2D eigenvalue weighted by Crippen LogP contribution is -2.18. The predicted molar refractivity (Wildman–Crippen MR) is 83.8 cm³/mol. The summed E-state index contributed by atoms with van der Waals surface area (Å²) in [7, 11) is 0. The zero-order valence-corrected chi connectivity index (χ0v) is 12.1. The molecule has 0 aliphatic carbocycles. The Labute approximate surface area is 124 Å². The highest BCUT2D eigenvalue weighted by Gasteiger charge is 2.23. The summed E-state index contributed by atoms with van der Waals surface area (Å²) in [6.45, 7) is 4.29. The van der Waals surface area contributed by atoms with E-state index < -0.39 is 0 Å². The van der Waals surface area contributed by atoms with Gasteiger partial charge < -0.3 is 9.47 Å².